The molecule has 39 heavy (non-hydrogen) atoms. The van der Waals surface area contributed by atoms with E-state index in [1.165, 1.54) is 25.3 Å². The van der Waals surface area contributed by atoms with Gasteiger partial charge in [-0.1, -0.05) is 18.2 Å². The summed E-state index contributed by atoms with van der Waals surface area (Å²) in [5.74, 6) is -1.98. The maximum atomic E-state index is 15.5. The molecule has 4 N–H and O–H groups in total. The highest BCUT2D eigenvalue weighted by molar-refractivity contribution is 9.10. The predicted molar refractivity (Wildman–Crippen MR) is 138 cm³/mol. The van der Waals surface area contributed by atoms with Crippen molar-refractivity contribution >= 4 is 35.6 Å². The number of para-hydroxylation sites is 1. The lowest BCUT2D eigenvalue weighted by Gasteiger charge is -2.25. The van der Waals surface area contributed by atoms with Crippen molar-refractivity contribution in [2.45, 2.75) is 64.0 Å². The van der Waals surface area contributed by atoms with Gasteiger partial charge < -0.3 is 29.6 Å². The molecule has 1 fully saturated rings. The number of esters is 1. The number of aliphatic hydroxyl groups is 1. The molecule has 13 nitrogen and oxygen atoms in total. The number of ether oxygens (including phenoxy) is 3. The molecule has 0 bridgehead atoms. The molecule has 0 radical (unpaired) electrons. The molecule has 2 aromatic rings. The van der Waals surface area contributed by atoms with Crippen LogP contribution in [0.4, 0.5) is 4.39 Å². The van der Waals surface area contributed by atoms with Crippen LogP contribution in [0.15, 0.2) is 41.1 Å². The second kappa shape index (κ2) is 12.7. The van der Waals surface area contributed by atoms with Crippen molar-refractivity contribution in [3.8, 4) is 11.6 Å². The van der Waals surface area contributed by atoms with Crippen molar-refractivity contribution in [3.63, 3.8) is 0 Å². The Hall–Kier alpha value is -2.68. The van der Waals surface area contributed by atoms with Crippen LogP contribution in [0, 0.1) is 0 Å². The first kappa shape index (κ1) is 30.9. The van der Waals surface area contributed by atoms with Gasteiger partial charge >= 0.3 is 13.7 Å². The van der Waals surface area contributed by atoms with Crippen molar-refractivity contribution in [2.24, 2.45) is 5.73 Å². The van der Waals surface area contributed by atoms with E-state index < -0.39 is 74.1 Å². The van der Waals surface area contributed by atoms with Gasteiger partial charge in [0.05, 0.1) is 18.9 Å². The molecule has 6 atom stereocenters. The van der Waals surface area contributed by atoms with E-state index >= 15 is 4.39 Å². The topological polar surface area (TPSA) is 181 Å². The number of primary amides is 1. The predicted octanol–water partition coefficient (Wildman–Crippen LogP) is 2.66. The Morgan fingerprint density at radius 2 is 1.97 bits per heavy atom. The molecule has 3 rings (SSSR count). The number of rotatable bonds is 12. The summed E-state index contributed by atoms with van der Waals surface area (Å²) in [6.07, 6.45) is -4.27. The van der Waals surface area contributed by atoms with E-state index in [1.807, 2.05) is 0 Å². The first-order chi connectivity index (χ1) is 18.2. The highest BCUT2D eigenvalue weighted by Gasteiger charge is 2.56. The molecule has 1 saturated heterocycles. The average Bonchev–Trinajstić information content (AvgIpc) is 3.06. The molecule has 1 aliphatic heterocycles. The lowest BCUT2D eigenvalue weighted by molar-refractivity contribution is -0.149. The standard InChI is InChI=1S/C23H29BrFN4O9P/c1-12(2)35-21(32)13(3)29-39(33,38-14-8-6-5-7-9-14)34-11-15-18(30)23(4,25)22(36-15)37-20-17(19(26)31)28-16(24)10-27-20/h5-10,12-13,15,18,22,30H,11H2,1-4H3,(H2,26,31)(H,29,33)/t13-,15+,18+,22-,23+,39-/m0/s1. The molecule has 0 aliphatic carbocycles. The number of nitrogens with two attached hydrogens (primary N) is 1. The molecule has 2 heterocycles. The molecule has 1 aromatic carbocycles. The Morgan fingerprint density at radius 1 is 1.31 bits per heavy atom. The number of carbonyl (C=O) groups is 2. The van der Waals surface area contributed by atoms with E-state index in [-0.39, 0.29) is 10.4 Å². The summed E-state index contributed by atoms with van der Waals surface area (Å²) in [7, 11) is -4.32. The van der Waals surface area contributed by atoms with Crippen molar-refractivity contribution in [2.75, 3.05) is 6.61 Å². The molecule has 0 unspecified atom stereocenters. The summed E-state index contributed by atoms with van der Waals surface area (Å²) in [6.45, 7) is 5.05. The second-order valence-corrected chi connectivity index (χ2v) is 11.5. The minimum Gasteiger partial charge on any atom is -0.462 e. The van der Waals surface area contributed by atoms with Crippen LogP contribution < -0.4 is 20.1 Å². The summed E-state index contributed by atoms with van der Waals surface area (Å²) >= 11 is 3.05. The van der Waals surface area contributed by atoms with Gasteiger partial charge in [-0.15, -0.1) is 0 Å². The summed E-state index contributed by atoms with van der Waals surface area (Å²) in [5, 5.41) is 13.1. The van der Waals surface area contributed by atoms with E-state index in [2.05, 4.69) is 31.0 Å². The minimum atomic E-state index is -4.32. The first-order valence-corrected chi connectivity index (χ1v) is 14.0. The number of hydrogen-bond acceptors (Lipinski definition) is 11. The van der Waals surface area contributed by atoms with Gasteiger partial charge in [-0.25, -0.2) is 18.9 Å². The number of aliphatic hydroxyl groups excluding tert-OH is 1. The van der Waals surface area contributed by atoms with Crippen molar-refractivity contribution < 1.29 is 46.9 Å². The fraction of sp³-hybridized carbons (Fsp3) is 0.478. The van der Waals surface area contributed by atoms with Gasteiger partial charge in [0.25, 0.3) is 5.91 Å². The molecule has 1 aromatic heterocycles. The number of benzene rings is 1. The van der Waals surface area contributed by atoms with E-state index in [4.69, 9.17) is 29.0 Å². The van der Waals surface area contributed by atoms with Gasteiger partial charge in [0.1, 0.15) is 28.6 Å². The molecular formula is C23H29BrFN4O9P. The van der Waals surface area contributed by atoms with Crippen LogP contribution in [-0.2, 0) is 23.4 Å². The molecule has 1 amide bonds. The number of aromatic nitrogens is 2. The monoisotopic (exact) mass is 634 g/mol. The third kappa shape index (κ3) is 7.93. The van der Waals surface area contributed by atoms with Crippen LogP contribution in [0.25, 0.3) is 0 Å². The molecule has 0 saturated carbocycles. The fourth-order valence-electron chi connectivity index (χ4n) is 3.35. The normalized spacial score (nSPS) is 25.1. The number of halogens is 2. The van der Waals surface area contributed by atoms with Crippen LogP contribution in [0.5, 0.6) is 11.6 Å². The highest BCUT2D eigenvalue weighted by atomic mass is 79.9. The van der Waals surface area contributed by atoms with Gasteiger partial charge in [0, 0.05) is 0 Å². The molecule has 1 aliphatic rings. The number of amides is 1. The van der Waals surface area contributed by atoms with Gasteiger partial charge in [0.15, 0.2) is 11.4 Å². The number of carbonyl (C=O) groups excluding carboxylic acids is 2. The quantitative estimate of drug-likeness (QED) is 0.230. The van der Waals surface area contributed by atoms with E-state index in [0.717, 1.165) is 6.92 Å². The zero-order chi connectivity index (χ0) is 29.0. The molecule has 214 valence electrons. The number of nitrogens with zero attached hydrogens (tertiary/aromatic N) is 2. The average molecular weight is 635 g/mol. The van der Waals surface area contributed by atoms with Crippen LogP contribution in [0.2, 0.25) is 0 Å². The smallest absolute Gasteiger partial charge is 0.459 e. The van der Waals surface area contributed by atoms with E-state index in [0.29, 0.717) is 0 Å². The number of nitrogens with one attached hydrogen (secondary N) is 1. The lowest BCUT2D eigenvalue weighted by atomic mass is 10.00. The summed E-state index contributed by atoms with van der Waals surface area (Å²) in [5.41, 5.74) is 2.36. The molecular weight excluding hydrogens is 606 g/mol. The van der Waals surface area contributed by atoms with Crippen molar-refractivity contribution in [1.82, 2.24) is 15.1 Å². The molecule has 16 heteroatoms. The summed E-state index contributed by atoms with van der Waals surface area (Å²) in [4.78, 5) is 31.8. The van der Waals surface area contributed by atoms with Gasteiger partial charge in [-0.2, -0.15) is 5.09 Å². The Bertz CT molecular complexity index is 1220. The van der Waals surface area contributed by atoms with Gasteiger partial charge in [-0.05, 0) is 55.8 Å². The minimum absolute atomic E-state index is 0.148. The summed E-state index contributed by atoms with van der Waals surface area (Å²) in [6, 6.07) is 6.85. The third-order valence-electron chi connectivity index (χ3n) is 5.29. The fourth-order valence-corrected chi connectivity index (χ4v) is 5.13. The third-order valence-corrected chi connectivity index (χ3v) is 7.31. The molecule has 0 spiro atoms. The maximum absolute atomic E-state index is 15.5. The Kier molecular flexibility index (Phi) is 10.0. The lowest BCUT2D eigenvalue weighted by Crippen LogP contribution is -2.44. The second-order valence-electron chi connectivity index (χ2n) is 8.97. The zero-order valence-electron chi connectivity index (χ0n) is 21.4. The maximum Gasteiger partial charge on any atom is 0.459 e. The van der Waals surface area contributed by atoms with E-state index in [9.17, 15) is 19.3 Å². The first-order valence-electron chi connectivity index (χ1n) is 11.7. The van der Waals surface area contributed by atoms with Crippen LogP contribution in [0.3, 0.4) is 0 Å². The number of hydrogen-bond donors (Lipinski definition) is 3. The van der Waals surface area contributed by atoms with Gasteiger partial charge in [-0.3, -0.25) is 14.1 Å². The van der Waals surface area contributed by atoms with Crippen LogP contribution in [-0.4, -0.2) is 69.9 Å². The SMILES string of the molecule is CC(C)OC(=O)[C@H](C)N[P@](=O)(OC[C@H]1O[C@@H](Oc2ncc(Br)nc2C(N)=O)[C@](C)(F)[C@@H]1O)Oc1ccccc1. The Balaban J connectivity index is 1.77. The van der Waals surface area contributed by atoms with Crippen LogP contribution >= 0.6 is 23.7 Å². The Labute approximate surface area is 232 Å². The van der Waals surface area contributed by atoms with Crippen molar-refractivity contribution in [1.29, 1.82) is 0 Å². The largest absolute Gasteiger partial charge is 0.462 e. The van der Waals surface area contributed by atoms with Crippen molar-refractivity contribution in [3.05, 3.63) is 46.8 Å². The summed E-state index contributed by atoms with van der Waals surface area (Å²) < 4.78 is 56.4. The highest BCUT2D eigenvalue weighted by Crippen LogP contribution is 2.46. The zero-order valence-corrected chi connectivity index (χ0v) is 23.9. The Morgan fingerprint density at radius 3 is 2.59 bits per heavy atom. The van der Waals surface area contributed by atoms with Crippen LogP contribution in [0.1, 0.15) is 38.2 Å². The number of alkyl halides is 1. The van der Waals surface area contributed by atoms with E-state index in [1.54, 1.807) is 32.0 Å². The van der Waals surface area contributed by atoms with Gasteiger partial charge in [0.2, 0.25) is 12.2 Å².